The normalized spacial score (nSPS) is 16.2. The van der Waals surface area contributed by atoms with Gasteiger partial charge in [-0.2, -0.15) is 5.10 Å². The van der Waals surface area contributed by atoms with Crippen molar-refractivity contribution in [2.75, 3.05) is 18.5 Å². The molecule has 24 heavy (non-hydrogen) atoms. The maximum absolute atomic E-state index is 12.9. The highest BCUT2D eigenvalue weighted by molar-refractivity contribution is 6.07. The van der Waals surface area contributed by atoms with Crippen molar-refractivity contribution in [3.8, 4) is 11.5 Å². The fraction of sp³-hybridized carbons (Fsp3) is 0.353. The van der Waals surface area contributed by atoms with E-state index in [9.17, 15) is 9.59 Å². The van der Waals surface area contributed by atoms with Crippen LogP contribution >= 0.6 is 0 Å². The van der Waals surface area contributed by atoms with Crippen LogP contribution in [0.3, 0.4) is 0 Å². The van der Waals surface area contributed by atoms with Gasteiger partial charge in [0.1, 0.15) is 5.82 Å². The number of ketones is 1. The number of benzene rings is 1. The summed E-state index contributed by atoms with van der Waals surface area (Å²) in [4.78, 5) is 24.7. The Bertz CT molecular complexity index is 769. The van der Waals surface area contributed by atoms with Gasteiger partial charge in [-0.3, -0.25) is 14.7 Å². The number of ether oxygens (including phenoxy) is 2. The van der Waals surface area contributed by atoms with Gasteiger partial charge >= 0.3 is 0 Å². The van der Waals surface area contributed by atoms with Gasteiger partial charge in [-0.1, -0.05) is 0 Å². The lowest BCUT2D eigenvalue weighted by molar-refractivity contribution is -0.116. The lowest BCUT2D eigenvalue weighted by Gasteiger charge is -2.21. The molecule has 0 aliphatic carbocycles. The SMILES string of the molecule is CCOc1ccc(C(=O)C2CC(=O)Nc3[nH]ncc32)cc1OCC. The van der Waals surface area contributed by atoms with Crippen LogP contribution in [0.4, 0.5) is 5.82 Å². The zero-order chi connectivity index (χ0) is 17.1. The summed E-state index contributed by atoms with van der Waals surface area (Å²) < 4.78 is 11.1. The first-order valence-corrected chi connectivity index (χ1v) is 7.91. The number of carbonyl (C=O) groups excluding carboxylic acids is 2. The number of anilines is 1. The lowest BCUT2D eigenvalue weighted by atomic mass is 9.87. The number of aromatic amines is 1. The molecule has 1 aliphatic rings. The van der Waals surface area contributed by atoms with Crippen molar-refractivity contribution in [1.82, 2.24) is 10.2 Å². The van der Waals surface area contributed by atoms with Crippen molar-refractivity contribution in [3.63, 3.8) is 0 Å². The van der Waals surface area contributed by atoms with Crippen molar-refractivity contribution in [1.29, 1.82) is 0 Å². The van der Waals surface area contributed by atoms with Gasteiger partial charge in [-0.15, -0.1) is 0 Å². The zero-order valence-corrected chi connectivity index (χ0v) is 13.6. The van der Waals surface area contributed by atoms with Crippen LogP contribution in [0.2, 0.25) is 0 Å². The fourth-order valence-electron chi connectivity index (χ4n) is 2.79. The standard InChI is InChI=1S/C17H19N3O4/c1-3-23-13-6-5-10(7-14(13)24-4-2)16(22)11-8-15(21)19-17-12(11)9-18-20-17/h5-7,9,11H,3-4,8H2,1-2H3,(H2,18,19,20,21). The maximum atomic E-state index is 12.9. The highest BCUT2D eigenvalue weighted by Crippen LogP contribution is 2.35. The number of carbonyl (C=O) groups is 2. The summed E-state index contributed by atoms with van der Waals surface area (Å²) in [5.41, 5.74) is 1.18. The summed E-state index contributed by atoms with van der Waals surface area (Å²) in [6.07, 6.45) is 1.68. The molecule has 1 atom stereocenters. The smallest absolute Gasteiger partial charge is 0.226 e. The van der Waals surface area contributed by atoms with Crippen molar-refractivity contribution < 1.29 is 19.1 Å². The van der Waals surface area contributed by atoms with Gasteiger partial charge in [0, 0.05) is 17.5 Å². The van der Waals surface area contributed by atoms with Gasteiger partial charge in [-0.05, 0) is 32.0 Å². The summed E-state index contributed by atoms with van der Waals surface area (Å²) in [6.45, 7) is 4.73. The van der Waals surface area contributed by atoms with Crippen molar-refractivity contribution >= 4 is 17.5 Å². The first-order chi connectivity index (χ1) is 11.6. The molecule has 0 saturated heterocycles. The molecule has 7 nitrogen and oxygen atoms in total. The van der Waals surface area contributed by atoms with Crippen LogP contribution in [0.5, 0.6) is 11.5 Å². The molecular weight excluding hydrogens is 310 g/mol. The topological polar surface area (TPSA) is 93.3 Å². The first-order valence-electron chi connectivity index (χ1n) is 7.91. The number of nitrogens with one attached hydrogen (secondary N) is 2. The number of amides is 1. The average molecular weight is 329 g/mol. The van der Waals surface area contributed by atoms with Crippen LogP contribution < -0.4 is 14.8 Å². The number of H-pyrrole nitrogens is 1. The number of aromatic nitrogens is 2. The Hall–Kier alpha value is -2.83. The summed E-state index contributed by atoms with van der Waals surface area (Å²) in [5, 5.41) is 9.30. The third-order valence-electron chi connectivity index (χ3n) is 3.84. The van der Waals surface area contributed by atoms with Crippen molar-refractivity contribution in [2.24, 2.45) is 0 Å². The quantitative estimate of drug-likeness (QED) is 0.794. The number of Topliss-reactive ketones (excluding diaryl/α,β-unsaturated/α-hetero) is 1. The molecule has 1 unspecified atom stereocenters. The summed E-state index contributed by atoms with van der Waals surface area (Å²) >= 11 is 0. The van der Waals surface area contributed by atoms with Crippen LogP contribution in [0.15, 0.2) is 24.4 Å². The van der Waals surface area contributed by atoms with Crippen molar-refractivity contribution in [3.05, 3.63) is 35.5 Å². The molecule has 2 N–H and O–H groups in total. The van der Waals surface area contributed by atoms with E-state index >= 15 is 0 Å². The molecule has 1 amide bonds. The molecule has 3 rings (SSSR count). The first kappa shape index (κ1) is 16.0. The van der Waals surface area contributed by atoms with Crippen molar-refractivity contribution in [2.45, 2.75) is 26.2 Å². The molecule has 0 fully saturated rings. The van der Waals surface area contributed by atoms with Crippen LogP contribution in [-0.4, -0.2) is 35.1 Å². The molecule has 1 aromatic carbocycles. The molecule has 126 valence electrons. The molecular formula is C17H19N3O4. The van der Waals surface area contributed by atoms with E-state index in [0.29, 0.717) is 41.7 Å². The lowest BCUT2D eigenvalue weighted by Crippen LogP contribution is -2.27. The molecule has 1 aromatic heterocycles. The van der Waals surface area contributed by atoms with E-state index in [1.807, 2.05) is 13.8 Å². The molecule has 7 heteroatoms. The number of nitrogens with zero attached hydrogens (tertiary/aromatic N) is 1. The molecule has 0 radical (unpaired) electrons. The Morgan fingerprint density at radius 3 is 2.75 bits per heavy atom. The molecule has 0 saturated carbocycles. The summed E-state index contributed by atoms with van der Waals surface area (Å²) in [5.74, 6) is 0.706. The Morgan fingerprint density at radius 1 is 1.25 bits per heavy atom. The Balaban J connectivity index is 1.93. The second-order valence-electron chi connectivity index (χ2n) is 5.40. The minimum Gasteiger partial charge on any atom is -0.490 e. The molecule has 0 spiro atoms. The minimum atomic E-state index is -0.556. The molecule has 2 aromatic rings. The van der Waals surface area contributed by atoms with E-state index in [2.05, 4.69) is 15.5 Å². The second kappa shape index (κ2) is 6.74. The van der Waals surface area contributed by atoms with E-state index in [4.69, 9.17) is 9.47 Å². The molecule has 1 aliphatic heterocycles. The Morgan fingerprint density at radius 2 is 2.00 bits per heavy atom. The Labute approximate surface area is 139 Å². The predicted octanol–water partition coefficient (Wildman–Crippen LogP) is 2.52. The van der Waals surface area contributed by atoms with Gasteiger partial charge in [0.2, 0.25) is 5.91 Å². The van der Waals surface area contributed by atoms with Gasteiger partial charge in [-0.25, -0.2) is 0 Å². The Kier molecular flexibility index (Phi) is 4.50. The van der Waals surface area contributed by atoms with Gasteiger partial charge < -0.3 is 14.8 Å². The third kappa shape index (κ3) is 2.97. The van der Waals surface area contributed by atoms with Crippen LogP contribution in [0.1, 0.15) is 42.1 Å². The zero-order valence-electron chi connectivity index (χ0n) is 13.6. The average Bonchev–Trinajstić information content (AvgIpc) is 3.03. The van der Waals surface area contributed by atoms with Crippen LogP contribution in [0.25, 0.3) is 0 Å². The molecule has 0 bridgehead atoms. The van der Waals surface area contributed by atoms with Gasteiger partial charge in [0.15, 0.2) is 17.3 Å². The van der Waals surface area contributed by atoms with Gasteiger partial charge in [0.25, 0.3) is 0 Å². The number of rotatable bonds is 6. The predicted molar refractivity (Wildman–Crippen MR) is 87.7 cm³/mol. The highest BCUT2D eigenvalue weighted by atomic mass is 16.5. The van der Waals surface area contributed by atoms with E-state index in [1.165, 1.54) is 0 Å². The van der Waals surface area contributed by atoms with E-state index in [-0.39, 0.29) is 18.1 Å². The summed E-state index contributed by atoms with van der Waals surface area (Å²) in [6, 6.07) is 5.09. The minimum absolute atomic E-state index is 0.0997. The largest absolute Gasteiger partial charge is 0.490 e. The number of fused-ring (bicyclic) bond motifs is 1. The van der Waals surface area contributed by atoms with Crippen LogP contribution in [0, 0.1) is 0 Å². The van der Waals surface area contributed by atoms with E-state index in [0.717, 1.165) is 0 Å². The summed E-state index contributed by atoms with van der Waals surface area (Å²) in [7, 11) is 0. The second-order valence-corrected chi connectivity index (χ2v) is 5.40. The van der Waals surface area contributed by atoms with Crippen LogP contribution in [-0.2, 0) is 4.79 Å². The monoisotopic (exact) mass is 329 g/mol. The fourth-order valence-corrected chi connectivity index (χ4v) is 2.79. The van der Waals surface area contributed by atoms with E-state index < -0.39 is 5.92 Å². The molecule has 2 heterocycles. The van der Waals surface area contributed by atoms with Gasteiger partial charge in [0.05, 0.1) is 25.3 Å². The maximum Gasteiger partial charge on any atom is 0.226 e. The van der Waals surface area contributed by atoms with E-state index in [1.54, 1.807) is 24.4 Å². The highest BCUT2D eigenvalue weighted by Gasteiger charge is 2.33. The number of hydrogen-bond acceptors (Lipinski definition) is 5. The number of hydrogen-bond donors (Lipinski definition) is 2. The third-order valence-corrected chi connectivity index (χ3v) is 3.84.